The summed E-state index contributed by atoms with van der Waals surface area (Å²) in [5, 5.41) is 11.6. The van der Waals surface area contributed by atoms with Gasteiger partial charge in [-0.2, -0.15) is 8.78 Å². The number of benzene rings is 1. The molecule has 2 aromatic rings. The topological polar surface area (TPSA) is 118 Å². The molecular formula is C24H27F2N3O6. The number of nitrogens with one attached hydrogen (secondary N) is 1. The molecule has 2 N–H and O–H groups in total. The fourth-order valence-electron chi connectivity index (χ4n) is 3.93. The molecule has 1 aliphatic heterocycles. The molecule has 35 heavy (non-hydrogen) atoms. The first-order valence-electron chi connectivity index (χ1n) is 11.0. The number of hydrogen-bond acceptors (Lipinski definition) is 6. The Bertz CT molecular complexity index is 1120. The number of carbonyl (C=O) groups excluding carboxylic acids is 2. The van der Waals surface area contributed by atoms with Gasteiger partial charge in [-0.05, 0) is 43.0 Å². The van der Waals surface area contributed by atoms with Gasteiger partial charge in [0.15, 0.2) is 6.10 Å². The number of hydrogen-bond donors (Lipinski definition) is 2. The van der Waals surface area contributed by atoms with Crippen LogP contribution in [0.3, 0.4) is 0 Å². The zero-order chi connectivity index (χ0) is 25.9. The largest absolute Gasteiger partial charge is 0.479 e. The lowest BCUT2D eigenvalue weighted by molar-refractivity contribution is -0.147. The Kier molecular flexibility index (Phi) is 7.57. The summed E-state index contributed by atoms with van der Waals surface area (Å²) in [5.74, 6) is -2.23. The van der Waals surface area contributed by atoms with Gasteiger partial charge in [-0.15, -0.1) is 0 Å². The Balaban J connectivity index is 1.95. The molecule has 0 saturated carbocycles. The maximum Gasteiger partial charge on any atom is 0.410 e. The number of aromatic nitrogens is 1. The standard InChI is InChI=1S/C24H27F2N3O6/c1-13(2)16-7-5-6-8-17(16)24(11-29(12-24)23(33)34-15(4)20(30)31)21(32)28-18-10-9-14(3)27-19(18)35-22(25)26/h5-10,13,15,22H,11-12H2,1-4H3,(H,28,32)(H,30,31)/t15-/m0/s1. The van der Waals surface area contributed by atoms with Crippen molar-refractivity contribution in [3.05, 3.63) is 53.2 Å². The minimum atomic E-state index is -3.14. The quantitative estimate of drug-likeness (QED) is 0.575. The Morgan fingerprint density at radius 2 is 1.77 bits per heavy atom. The van der Waals surface area contributed by atoms with Crippen molar-refractivity contribution in [3.8, 4) is 5.88 Å². The van der Waals surface area contributed by atoms with E-state index >= 15 is 0 Å². The maximum atomic E-state index is 13.7. The number of alkyl halides is 2. The highest BCUT2D eigenvalue weighted by Crippen LogP contribution is 2.41. The molecule has 0 bridgehead atoms. The second-order valence-corrected chi connectivity index (χ2v) is 8.68. The number of halogens is 2. The van der Waals surface area contributed by atoms with E-state index in [2.05, 4.69) is 15.0 Å². The predicted octanol–water partition coefficient (Wildman–Crippen LogP) is 3.92. The highest BCUT2D eigenvalue weighted by molar-refractivity contribution is 6.02. The number of rotatable bonds is 8. The molecule has 0 aliphatic carbocycles. The van der Waals surface area contributed by atoms with E-state index in [0.717, 1.165) is 5.56 Å². The van der Waals surface area contributed by atoms with Crippen LogP contribution in [-0.4, -0.2) is 58.8 Å². The van der Waals surface area contributed by atoms with Crippen molar-refractivity contribution in [2.24, 2.45) is 0 Å². The van der Waals surface area contributed by atoms with E-state index in [1.807, 2.05) is 26.0 Å². The van der Waals surface area contributed by atoms with Crippen LogP contribution in [0.2, 0.25) is 0 Å². The third-order valence-electron chi connectivity index (χ3n) is 5.79. The van der Waals surface area contributed by atoms with Gasteiger partial charge in [0.25, 0.3) is 0 Å². The first kappa shape index (κ1) is 25.9. The molecule has 11 heteroatoms. The summed E-state index contributed by atoms with van der Waals surface area (Å²) in [6.45, 7) is 3.40. The predicted molar refractivity (Wildman–Crippen MR) is 122 cm³/mol. The van der Waals surface area contributed by atoms with E-state index in [-0.39, 0.29) is 24.7 Å². The number of amides is 2. The monoisotopic (exact) mass is 491 g/mol. The van der Waals surface area contributed by atoms with E-state index in [9.17, 15) is 23.2 Å². The number of carboxylic acids is 1. The summed E-state index contributed by atoms with van der Waals surface area (Å²) in [4.78, 5) is 42.3. The number of nitrogens with zero attached hydrogens (tertiary/aromatic N) is 2. The van der Waals surface area contributed by atoms with Crippen LogP contribution in [0, 0.1) is 6.92 Å². The molecule has 0 unspecified atom stereocenters. The highest BCUT2D eigenvalue weighted by atomic mass is 19.3. The molecule has 1 aliphatic rings. The molecule has 1 aromatic heterocycles. The van der Waals surface area contributed by atoms with Gasteiger partial charge in [0, 0.05) is 18.8 Å². The lowest BCUT2D eigenvalue weighted by atomic mass is 9.70. The van der Waals surface area contributed by atoms with Crippen molar-refractivity contribution < 1.29 is 37.7 Å². The molecule has 3 rings (SSSR count). The number of carbonyl (C=O) groups is 3. The summed E-state index contributed by atoms with van der Waals surface area (Å²) >= 11 is 0. The number of ether oxygens (including phenoxy) is 2. The number of pyridine rings is 1. The van der Waals surface area contributed by atoms with Crippen molar-refractivity contribution in [3.63, 3.8) is 0 Å². The van der Waals surface area contributed by atoms with Crippen LogP contribution in [0.5, 0.6) is 5.88 Å². The Morgan fingerprint density at radius 3 is 2.37 bits per heavy atom. The van der Waals surface area contributed by atoms with Gasteiger partial charge in [-0.1, -0.05) is 38.1 Å². The van der Waals surface area contributed by atoms with Crippen LogP contribution in [0.4, 0.5) is 19.3 Å². The summed E-state index contributed by atoms with van der Waals surface area (Å²) in [6.07, 6.45) is -2.23. The molecule has 1 aromatic carbocycles. The van der Waals surface area contributed by atoms with Gasteiger partial charge in [0.2, 0.25) is 11.8 Å². The summed E-state index contributed by atoms with van der Waals surface area (Å²) in [7, 11) is 0. The zero-order valence-corrected chi connectivity index (χ0v) is 19.7. The average Bonchev–Trinajstić information content (AvgIpc) is 2.74. The van der Waals surface area contributed by atoms with Gasteiger partial charge in [-0.25, -0.2) is 14.6 Å². The summed E-state index contributed by atoms with van der Waals surface area (Å²) in [5.41, 5.74) is 0.686. The number of anilines is 1. The number of aliphatic carboxylic acids is 1. The Labute approximate surface area is 201 Å². The molecule has 2 amide bonds. The minimum absolute atomic E-state index is 0.0390. The normalized spacial score (nSPS) is 15.4. The van der Waals surface area contributed by atoms with Gasteiger partial charge >= 0.3 is 18.7 Å². The Morgan fingerprint density at radius 1 is 1.11 bits per heavy atom. The van der Waals surface area contributed by atoms with Crippen LogP contribution < -0.4 is 10.1 Å². The molecule has 2 heterocycles. The lowest BCUT2D eigenvalue weighted by Crippen LogP contribution is -2.67. The van der Waals surface area contributed by atoms with Crippen LogP contribution >= 0.6 is 0 Å². The molecule has 1 saturated heterocycles. The van der Waals surface area contributed by atoms with E-state index in [4.69, 9.17) is 9.84 Å². The summed E-state index contributed by atoms with van der Waals surface area (Å²) < 4.78 is 35.3. The van der Waals surface area contributed by atoms with Crippen molar-refractivity contribution >= 4 is 23.7 Å². The molecule has 9 nitrogen and oxygen atoms in total. The number of aryl methyl sites for hydroxylation is 1. The minimum Gasteiger partial charge on any atom is -0.479 e. The number of carboxylic acid groups (broad SMARTS) is 1. The maximum absolute atomic E-state index is 13.7. The highest BCUT2D eigenvalue weighted by Gasteiger charge is 2.54. The van der Waals surface area contributed by atoms with E-state index in [0.29, 0.717) is 11.3 Å². The molecule has 0 spiro atoms. The van der Waals surface area contributed by atoms with Gasteiger partial charge in [-0.3, -0.25) is 4.79 Å². The van der Waals surface area contributed by atoms with Crippen LogP contribution in [-0.2, 0) is 19.7 Å². The molecule has 0 radical (unpaired) electrons. The fourth-order valence-corrected chi connectivity index (χ4v) is 3.93. The molecule has 188 valence electrons. The van der Waals surface area contributed by atoms with Crippen LogP contribution in [0.15, 0.2) is 36.4 Å². The second kappa shape index (κ2) is 10.2. The van der Waals surface area contributed by atoms with Crippen LogP contribution in [0.25, 0.3) is 0 Å². The van der Waals surface area contributed by atoms with E-state index < -0.39 is 42.0 Å². The van der Waals surface area contributed by atoms with Crippen LogP contribution in [0.1, 0.15) is 43.5 Å². The van der Waals surface area contributed by atoms with Crippen molar-refractivity contribution in [1.82, 2.24) is 9.88 Å². The van der Waals surface area contributed by atoms with Crippen molar-refractivity contribution in [2.45, 2.75) is 51.7 Å². The molecular weight excluding hydrogens is 464 g/mol. The third-order valence-corrected chi connectivity index (χ3v) is 5.79. The summed E-state index contributed by atoms with van der Waals surface area (Å²) in [6, 6.07) is 10.2. The zero-order valence-electron chi connectivity index (χ0n) is 19.7. The third kappa shape index (κ3) is 5.50. The number of likely N-dealkylation sites (tertiary alicyclic amines) is 1. The van der Waals surface area contributed by atoms with Crippen molar-refractivity contribution in [2.75, 3.05) is 18.4 Å². The van der Waals surface area contributed by atoms with E-state index in [1.165, 1.54) is 17.9 Å². The smallest absolute Gasteiger partial charge is 0.410 e. The second-order valence-electron chi connectivity index (χ2n) is 8.68. The average molecular weight is 491 g/mol. The van der Waals surface area contributed by atoms with Gasteiger partial charge < -0.3 is 24.8 Å². The molecule has 1 fully saturated rings. The Hall–Kier alpha value is -3.76. The lowest BCUT2D eigenvalue weighted by Gasteiger charge is -2.49. The van der Waals surface area contributed by atoms with E-state index in [1.54, 1.807) is 25.1 Å². The first-order valence-corrected chi connectivity index (χ1v) is 11.0. The first-order chi connectivity index (χ1) is 16.4. The SMILES string of the molecule is Cc1ccc(NC(=O)C2(c3ccccc3C(C)C)CN(C(=O)O[C@@H](C)C(=O)O)C2)c(OC(F)F)n1. The van der Waals surface area contributed by atoms with Gasteiger partial charge in [0.1, 0.15) is 11.1 Å². The molecule has 1 atom stereocenters. The van der Waals surface area contributed by atoms with Crippen molar-refractivity contribution in [1.29, 1.82) is 0 Å². The fraction of sp³-hybridized carbons (Fsp3) is 0.417. The van der Waals surface area contributed by atoms with Gasteiger partial charge in [0.05, 0.1) is 0 Å².